The molecule has 0 saturated heterocycles. The molecule has 15 heavy (non-hydrogen) atoms. The van der Waals surface area contributed by atoms with Crippen molar-refractivity contribution in [3.8, 4) is 0 Å². The fourth-order valence-corrected chi connectivity index (χ4v) is 1.67. The average molecular weight is 202 g/mol. The van der Waals surface area contributed by atoms with Gasteiger partial charge in [-0.2, -0.15) is 0 Å². The normalized spacial score (nSPS) is 14.8. The van der Waals surface area contributed by atoms with E-state index < -0.39 is 5.60 Å². The summed E-state index contributed by atoms with van der Waals surface area (Å²) in [7, 11) is 0. The Hall–Kier alpha value is -1.54. The first-order valence-corrected chi connectivity index (χ1v) is 4.99. The first-order valence-electron chi connectivity index (χ1n) is 4.99. The van der Waals surface area contributed by atoms with Crippen LogP contribution in [0.15, 0.2) is 53.1 Å². The van der Waals surface area contributed by atoms with Crippen LogP contribution in [0.5, 0.6) is 0 Å². The fraction of sp³-hybridized carbons (Fsp3) is 0.231. The number of furan rings is 1. The van der Waals surface area contributed by atoms with Crippen molar-refractivity contribution in [2.45, 2.75) is 18.9 Å². The average Bonchev–Trinajstić information content (AvgIpc) is 2.71. The second-order valence-corrected chi connectivity index (χ2v) is 3.91. The predicted octanol–water partition coefficient (Wildman–Crippen LogP) is 2.73. The van der Waals surface area contributed by atoms with E-state index in [1.165, 1.54) is 0 Å². The SMILES string of the molecule is CC(O)(Cc1ccccc1)c1ccco1. The van der Waals surface area contributed by atoms with Crippen LogP contribution in [0.3, 0.4) is 0 Å². The number of hydrogen-bond acceptors (Lipinski definition) is 2. The molecule has 1 heterocycles. The Kier molecular flexibility index (Phi) is 2.60. The molecule has 78 valence electrons. The molecular formula is C13H14O2. The maximum Gasteiger partial charge on any atom is 0.135 e. The van der Waals surface area contributed by atoms with Crippen molar-refractivity contribution in [1.29, 1.82) is 0 Å². The highest BCUT2D eigenvalue weighted by Gasteiger charge is 2.26. The number of hydrogen-bond donors (Lipinski definition) is 1. The van der Waals surface area contributed by atoms with Gasteiger partial charge in [0.25, 0.3) is 0 Å². The molecule has 2 nitrogen and oxygen atoms in total. The van der Waals surface area contributed by atoms with Crippen molar-refractivity contribution in [3.63, 3.8) is 0 Å². The zero-order valence-corrected chi connectivity index (χ0v) is 8.68. The van der Waals surface area contributed by atoms with Crippen LogP contribution >= 0.6 is 0 Å². The van der Waals surface area contributed by atoms with E-state index in [4.69, 9.17) is 4.42 Å². The van der Waals surface area contributed by atoms with Gasteiger partial charge in [-0.1, -0.05) is 30.3 Å². The Morgan fingerprint density at radius 1 is 1.13 bits per heavy atom. The van der Waals surface area contributed by atoms with Crippen LogP contribution in [0.2, 0.25) is 0 Å². The fourth-order valence-electron chi connectivity index (χ4n) is 1.67. The Morgan fingerprint density at radius 2 is 1.87 bits per heavy atom. The second kappa shape index (κ2) is 3.91. The highest BCUT2D eigenvalue weighted by Crippen LogP contribution is 2.25. The van der Waals surface area contributed by atoms with Gasteiger partial charge in [0.15, 0.2) is 0 Å². The molecule has 0 aliphatic rings. The van der Waals surface area contributed by atoms with Crippen molar-refractivity contribution in [1.82, 2.24) is 0 Å². The smallest absolute Gasteiger partial charge is 0.135 e. The number of aliphatic hydroxyl groups is 1. The quantitative estimate of drug-likeness (QED) is 0.830. The van der Waals surface area contributed by atoms with E-state index in [1.54, 1.807) is 25.3 Å². The van der Waals surface area contributed by atoms with E-state index >= 15 is 0 Å². The predicted molar refractivity (Wildman–Crippen MR) is 58.4 cm³/mol. The van der Waals surface area contributed by atoms with Gasteiger partial charge >= 0.3 is 0 Å². The lowest BCUT2D eigenvalue weighted by Crippen LogP contribution is -2.23. The molecule has 0 saturated carbocycles. The Bertz CT molecular complexity index is 401. The highest BCUT2D eigenvalue weighted by molar-refractivity contribution is 5.20. The third-order valence-electron chi connectivity index (χ3n) is 2.44. The van der Waals surface area contributed by atoms with Gasteiger partial charge in [0.1, 0.15) is 11.4 Å². The molecular weight excluding hydrogens is 188 g/mol. The van der Waals surface area contributed by atoms with E-state index in [0.29, 0.717) is 12.2 Å². The molecule has 0 radical (unpaired) electrons. The van der Waals surface area contributed by atoms with Gasteiger partial charge in [-0.3, -0.25) is 0 Å². The van der Waals surface area contributed by atoms with Crippen LogP contribution in [-0.4, -0.2) is 5.11 Å². The summed E-state index contributed by atoms with van der Waals surface area (Å²) in [6, 6.07) is 13.5. The summed E-state index contributed by atoms with van der Waals surface area (Å²) in [6.45, 7) is 1.76. The molecule has 1 aromatic carbocycles. The minimum absolute atomic E-state index is 0.557. The van der Waals surface area contributed by atoms with Crippen LogP contribution in [-0.2, 0) is 12.0 Å². The van der Waals surface area contributed by atoms with Crippen LogP contribution in [0.4, 0.5) is 0 Å². The van der Waals surface area contributed by atoms with Gasteiger partial charge < -0.3 is 9.52 Å². The van der Waals surface area contributed by atoms with Gasteiger partial charge in [-0.15, -0.1) is 0 Å². The summed E-state index contributed by atoms with van der Waals surface area (Å²) in [6.07, 6.45) is 2.14. The first kappa shape index (κ1) is 9.99. The van der Waals surface area contributed by atoms with Gasteiger partial charge in [-0.05, 0) is 24.6 Å². The first-order chi connectivity index (χ1) is 7.18. The summed E-state index contributed by atoms with van der Waals surface area (Å²) < 4.78 is 5.22. The van der Waals surface area contributed by atoms with E-state index in [1.807, 2.05) is 30.3 Å². The van der Waals surface area contributed by atoms with E-state index in [0.717, 1.165) is 5.56 Å². The van der Waals surface area contributed by atoms with E-state index in [-0.39, 0.29) is 0 Å². The lowest BCUT2D eigenvalue weighted by atomic mass is 9.94. The summed E-state index contributed by atoms with van der Waals surface area (Å²) >= 11 is 0. The second-order valence-electron chi connectivity index (χ2n) is 3.91. The monoisotopic (exact) mass is 202 g/mol. The number of rotatable bonds is 3. The summed E-state index contributed by atoms with van der Waals surface area (Å²) in [5.74, 6) is 0.603. The van der Waals surface area contributed by atoms with Crippen LogP contribution in [0, 0.1) is 0 Å². The lowest BCUT2D eigenvalue weighted by molar-refractivity contribution is 0.0344. The zero-order chi connectivity index (χ0) is 10.7. The minimum atomic E-state index is -0.940. The molecule has 0 bridgehead atoms. The molecule has 0 spiro atoms. The zero-order valence-electron chi connectivity index (χ0n) is 8.68. The summed E-state index contributed by atoms with van der Waals surface area (Å²) in [5.41, 5.74) is 0.157. The minimum Gasteiger partial charge on any atom is -0.466 e. The van der Waals surface area contributed by atoms with Crippen molar-refractivity contribution in [2.24, 2.45) is 0 Å². The molecule has 2 rings (SSSR count). The summed E-state index contributed by atoms with van der Waals surface area (Å²) in [5, 5.41) is 10.2. The lowest BCUT2D eigenvalue weighted by Gasteiger charge is -2.20. The van der Waals surface area contributed by atoms with Crippen molar-refractivity contribution in [2.75, 3.05) is 0 Å². The van der Waals surface area contributed by atoms with Gasteiger partial charge in [-0.25, -0.2) is 0 Å². The molecule has 1 N–H and O–H groups in total. The third-order valence-corrected chi connectivity index (χ3v) is 2.44. The number of benzene rings is 1. The van der Waals surface area contributed by atoms with Crippen LogP contribution in [0.1, 0.15) is 18.2 Å². The molecule has 1 aromatic heterocycles. The molecule has 2 heteroatoms. The largest absolute Gasteiger partial charge is 0.466 e. The Morgan fingerprint density at radius 3 is 2.47 bits per heavy atom. The van der Waals surface area contributed by atoms with Gasteiger partial charge in [0, 0.05) is 6.42 Å². The highest BCUT2D eigenvalue weighted by atomic mass is 16.4. The van der Waals surface area contributed by atoms with Crippen molar-refractivity contribution >= 4 is 0 Å². The molecule has 0 amide bonds. The summed E-state index contributed by atoms with van der Waals surface area (Å²) in [4.78, 5) is 0. The molecule has 0 aliphatic carbocycles. The Balaban J connectivity index is 2.18. The van der Waals surface area contributed by atoms with Gasteiger partial charge in [0.05, 0.1) is 6.26 Å². The third kappa shape index (κ3) is 2.28. The molecule has 0 fully saturated rings. The maximum absolute atomic E-state index is 10.2. The molecule has 1 unspecified atom stereocenters. The molecule has 0 aliphatic heterocycles. The van der Waals surface area contributed by atoms with E-state index in [9.17, 15) is 5.11 Å². The maximum atomic E-state index is 10.2. The van der Waals surface area contributed by atoms with Crippen LogP contribution < -0.4 is 0 Å². The Labute approximate surface area is 89.2 Å². The molecule has 1 atom stereocenters. The van der Waals surface area contributed by atoms with Gasteiger partial charge in [0.2, 0.25) is 0 Å². The van der Waals surface area contributed by atoms with Crippen LogP contribution in [0.25, 0.3) is 0 Å². The van der Waals surface area contributed by atoms with E-state index in [2.05, 4.69) is 0 Å². The molecule has 2 aromatic rings. The van der Waals surface area contributed by atoms with Crippen molar-refractivity contribution in [3.05, 3.63) is 60.1 Å². The standard InChI is InChI=1S/C13H14O2/c1-13(14,12-8-5-9-15-12)10-11-6-3-2-4-7-11/h2-9,14H,10H2,1H3. The van der Waals surface area contributed by atoms with Crippen molar-refractivity contribution < 1.29 is 9.52 Å². The topological polar surface area (TPSA) is 33.4 Å².